The van der Waals surface area contributed by atoms with Crippen LogP contribution in [-0.2, 0) is 19.8 Å². The minimum atomic E-state index is -3.72. The number of carbonyl (C=O) groups excluding carboxylic acids is 1. The average molecular weight is 253 g/mol. The van der Waals surface area contributed by atoms with Crippen LogP contribution in [0, 0.1) is 0 Å². The lowest BCUT2D eigenvalue weighted by Gasteiger charge is -2.10. The quantitative estimate of drug-likeness (QED) is 0.418. The van der Waals surface area contributed by atoms with Crippen molar-refractivity contribution in [2.45, 2.75) is 19.9 Å². The summed E-state index contributed by atoms with van der Waals surface area (Å²) in [5.41, 5.74) is 0. The van der Waals surface area contributed by atoms with E-state index in [2.05, 4.69) is 4.72 Å². The molecule has 0 aromatic carbocycles. The minimum Gasteiger partial charge on any atom is -0.480 e. The molecule has 0 aliphatic carbocycles. The Hall–Kier alpha value is -1.19. The lowest BCUT2D eigenvalue weighted by atomic mass is 10.4. The fraction of sp³-hybridized carbons (Fsp3) is 0.714. The van der Waals surface area contributed by atoms with E-state index in [1.165, 1.54) is 0 Å². The largest absolute Gasteiger partial charge is 0.480 e. The summed E-state index contributed by atoms with van der Waals surface area (Å²) in [5.74, 6) is -1.91. The van der Waals surface area contributed by atoms with Gasteiger partial charge >= 0.3 is 5.97 Å². The van der Waals surface area contributed by atoms with Crippen LogP contribution in [0.4, 0.5) is 0 Å². The van der Waals surface area contributed by atoms with E-state index >= 15 is 0 Å². The maximum Gasteiger partial charge on any atom is 0.322 e. The molecule has 0 radical (unpaired) electrons. The Morgan fingerprint density at radius 1 is 1.25 bits per heavy atom. The zero-order valence-electron chi connectivity index (χ0n) is 8.98. The van der Waals surface area contributed by atoms with Crippen LogP contribution < -0.4 is 14.8 Å². The standard InChI is InChI=1S/C7H15N3O5S/c1-5(2)10-16(14,15)9-3-6(11)8-4-7(12)13/h5,9-10H,3-4H2,1-2H3,(H,8,11)(H,12,13). The number of aliphatic carboxylic acids is 1. The van der Waals surface area contributed by atoms with Crippen LogP contribution in [0.5, 0.6) is 0 Å². The van der Waals surface area contributed by atoms with Crippen molar-refractivity contribution in [2.24, 2.45) is 0 Å². The number of amides is 1. The molecule has 0 saturated heterocycles. The van der Waals surface area contributed by atoms with E-state index in [1.807, 2.05) is 10.0 Å². The molecular formula is C7H15N3O5S. The van der Waals surface area contributed by atoms with Crippen LogP contribution in [0.15, 0.2) is 0 Å². The van der Waals surface area contributed by atoms with Gasteiger partial charge in [-0.1, -0.05) is 0 Å². The number of rotatable bonds is 7. The molecule has 0 saturated carbocycles. The second kappa shape index (κ2) is 6.40. The summed E-state index contributed by atoms with van der Waals surface area (Å²) in [7, 11) is -3.72. The van der Waals surface area contributed by atoms with Gasteiger partial charge in [-0.05, 0) is 13.8 Å². The Kier molecular flexibility index (Phi) is 5.93. The predicted octanol–water partition coefficient (Wildman–Crippen LogP) is -1.98. The third-order valence-corrected chi connectivity index (χ3v) is 2.56. The van der Waals surface area contributed by atoms with Crippen LogP contribution in [0.25, 0.3) is 0 Å². The topological polar surface area (TPSA) is 125 Å². The number of carboxylic acid groups (broad SMARTS) is 1. The van der Waals surface area contributed by atoms with Crippen LogP contribution in [0.1, 0.15) is 13.8 Å². The predicted molar refractivity (Wildman–Crippen MR) is 55.8 cm³/mol. The number of nitrogens with one attached hydrogen (secondary N) is 3. The summed E-state index contributed by atoms with van der Waals surface area (Å²) in [6, 6.07) is -0.292. The molecule has 9 heteroatoms. The highest BCUT2D eigenvalue weighted by Gasteiger charge is 2.13. The van der Waals surface area contributed by atoms with Gasteiger partial charge in [-0.2, -0.15) is 17.9 Å². The van der Waals surface area contributed by atoms with E-state index in [0.29, 0.717) is 0 Å². The van der Waals surface area contributed by atoms with E-state index in [1.54, 1.807) is 13.8 Å². The highest BCUT2D eigenvalue weighted by Crippen LogP contribution is 1.82. The fourth-order valence-corrected chi connectivity index (χ4v) is 1.77. The van der Waals surface area contributed by atoms with Gasteiger partial charge in [0, 0.05) is 6.04 Å². The second-order valence-electron chi connectivity index (χ2n) is 3.27. The van der Waals surface area contributed by atoms with E-state index in [0.717, 1.165) is 0 Å². The Morgan fingerprint density at radius 3 is 2.25 bits per heavy atom. The van der Waals surface area contributed by atoms with Gasteiger partial charge in [-0.15, -0.1) is 0 Å². The van der Waals surface area contributed by atoms with Gasteiger partial charge in [0.15, 0.2) is 0 Å². The molecule has 0 aliphatic heterocycles. The van der Waals surface area contributed by atoms with Gasteiger partial charge in [0.05, 0.1) is 6.54 Å². The second-order valence-corrected chi connectivity index (χ2v) is 4.80. The van der Waals surface area contributed by atoms with Crippen molar-refractivity contribution < 1.29 is 23.1 Å². The molecule has 0 aliphatic rings. The number of carboxylic acids is 1. The Balaban J connectivity index is 3.96. The van der Waals surface area contributed by atoms with Crippen LogP contribution in [0.3, 0.4) is 0 Å². The normalized spacial score (nSPS) is 11.4. The highest BCUT2D eigenvalue weighted by molar-refractivity contribution is 7.87. The van der Waals surface area contributed by atoms with Crippen molar-refractivity contribution in [2.75, 3.05) is 13.1 Å². The summed E-state index contributed by atoms with van der Waals surface area (Å²) in [4.78, 5) is 21.0. The third kappa shape index (κ3) is 8.15. The molecule has 0 fully saturated rings. The first-order valence-corrected chi connectivity index (χ1v) is 5.96. The van der Waals surface area contributed by atoms with E-state index in [9.17, 15) is 18.0 Å². The molecule has 8 nitrogen and oxygen atoms in total. The van der Waals surface area contributed by atoms with Gasteiger partial charge in [-0.25, -0.2) is 0 Å². The number of carbonyl (C=O) groups is 2. The summed E-state index contributed by atoms with van der Waals surface area (Å²) in [6.45, 7) is 2.21. The van der Waals surface area contributed by atoms with Gasteiger partial charge < -0.3 is 10.4 Å². The number of hydrogen-bond donors (Lipinski definition) is 4. The molecule has 0 spiro atoms. The van der Waals surface area contributed by atoms with Crippen molar-refractivity contribution in [3.8, 4) is 0 Å². The zero-order valence-corrected chi connectivity index (χ0v) is 9.80. The first-order chi connectivity index (χ1) is 7.23. The van der Waals surface area contributed by atoms with Crippen molar-refractivity contribution in [3.63, 3.8) is 0 Å². The summed E-state index contributed by atoms with van der Waals surface area (Å²) >= 11 is 0. The van der Waals surface area contributed by atoms with Gasteiger partial charge in [-0.3, -0.25) is 9.59 Å². The van der Waals surface area contributed by atoms with Crippen LogP contribution in [-0.4, -0.2) is 44.5 Å². The van der Waals surface area contributed by atoms with E-state index in [4.69, 9.17) is 5.11 Å². The molecule has 0 bridgehead atoms. The van der Waals surface area contributed by atoms with Crippen LogP contribution >= 0.6 is 0 Å². The molecule has 0 rings (SSSR count). The Bertz CT molecular complexity index is 351. The fourth-order valence-electron chi connectivity index (χ4n) is 0.749. The Labute approximate surface area is 93.6 Å². The molecule has 94 valence electrons. The summed E-state index contributed by atoms with van der Waals surface area (Å²) in [5, 5.41) is 10.3. The Morgan fingerprint density at radius 2 is 1.81 bits per heavy atom. The third-order valence-electron chi connectivity index (χ3n) is 1.25. The van der Waals surface area contributed by atoms with E-state index in [-0.39, 0.29) is 6.04 Å². The maximum atomic E-state index is 11.2. The van der Waals surface area contributed by atoms with E-state index < -0.39 is 35.2 Å². The number of hydrogen-bond acceptors (Lipinski definition) is 4. The van der Waals surface area contributed by atoms with Crippen molar-refractivity contribution >= 4 is 22.1 Å². The monoisotopic (exact) mass is 253 g/mol. The minimum absolute atomic E-state index is 0.292. The average Bonchev–Trinajstić information content (AvgIpc) is 2.09. The molecular weight excluding hydrogens is 238 g/mol. The summed E-state index contributed by atoms with van der Waals surface area (Å²) < 4.78 is 26.5. The molecule has 0 heterocycles. The molecule has 0 aromatic heterocycles. The summed E-state index contributed by atoms with van der Waals surface area (Å²) in [6.07, 6.45) is 0. The molecule has 0 atom stereocenters. The highest BCUT2D eigenvalue weighted by atomic mass is 32.2. The lowest BCUT2D eigenvalue weighted by Crippen LogP contribution is -2.45. The molecule has 16 heavy (non-hydrogen) atoms. The van der Waals surface area contributed by atoms with Gasteiger partial charge in [0.1, 0.15) is 6.54 Å². The van der Waals surface area contributed by atoms with Crippen molar-refractivity contribution in [1.29, 1.82) is 0 Å². The first-order valence-electron chi connectivity index (χ1n) is 4.48. The van der Waals surface area contributed by atoms with Crippen LogP contribution in [0.2, 0.25) is 0 Å². The van der Waals surface area contributed by atoms with Gasteiger partial charge in [0.25, 0.3) is 10.2 Å². The zero-order chi connectivity index (χ0) is 12.8. The molecule has 0 unspecified atom stereocenters. The van der Waals surface area contributed by atoms with Crippen molar-refractivity contribution in [3.05, 3.63) is 0 Å². The SMILES string of the molecule is CC(C)NS(=O)(=O)NCC(=O)NCC(=O)O. The van der Waals surface area contributed by atoms with Crippen molar-refractivity contribution in [1.82, 2.24) is 14.8 Å². The van der Waals surface area contributed by atoms with Gasteiger partial charge in [0.2, 0.25) is 5.91 Å². The smallest absolute Gasteiger partial charge is 0.322 e. The lowest BCUT2D eigenvalue weighted by molar-refractivity contribution is -0.137. The molecule has 4 N–H and O–H groups in total. The molecule has 1 amide bonds. The first kappa shape index (κ1) is 14.8. The maximum absolute atomic E-state index is 11.2. The molecule has 0 aromatic rings.